The molecule has 0 saturated heterocycles. The first kappa shape index (κ1) is 13.7. The third-order valence-corrected chi connectivity index (χ3v) is 4.11. The van der Waals surface area contributed by atoms with Gasteiger partial charge in [0.1, 0.15) is 11.5 Å². The van der Waals surface area contributed by atoms with E-state index in [9.17, 15) is 4.79 Å². The van der Waals surface area contributed by atoms with E-state index in [-0.39, 0.29) is 11.7 Å². The Kier molecular flexibility index (Phi) is 3.65. The Morgan fingerprint density at radius 1 is 1.05 bits per heavy atom. The maximum atomic E-state index is 12.8. The maximum Gasteiger partial charge on any atom is 0.170 e. The number of methoxy groups -OCH3 is 2. The monoisotopic (exact) mass is 282 g/mol. The minimum Gasteiger partial charge on any atom is -0.497 e. The van der Waals surface area contributed by atoms with Crippen molar-refractivity contribution in [3.63, 3.8) is 0 Å². The van der Waals surface area contributed by atoms with E-state index in [2.05, 4.69) is 0 Å². The van der Waals surface area contributed by atoms with E-state index in [4.69, 9.17) is 9.47 Å². The smallest absolute Gasteiger partial charge is 0.170 e. The van der Waals surface area contributed by atoms with E-state index in [1.165, 1.54) is 0 Å². The van der Waals surface area contributed by atoms with Gasteiger partial charge in [0.2, 0.25) is 0 Å². The number of hydrogen-bond donors (Lipinski definition) is 0. The molecule has 0 fully saturated rings. The number of benzene rings is 2. The van der Waals surface area contributed by atoms with E-state index >= 15 is 0 Å². The molecule has 0 aliphatic heterocycles. The number of carbonyl (C=O) groups excluding carboxylic acids is 1. The highest BCUT2D eigenvalue weighted by molar-refractivity contribution is 6.03. The van der Waals surface area contributed by atoms with Gasteiger partial charge in [-0.05, 0) is 42.7 Å². The maximum absolute atomic E-state index is 12.8. The van der Waals surface area contributed by atoms with Crippen LogP contribution in [0.25, 0.3) is 0 Å². The number of Topliss-reactive ketones (excluding diaryl/α,β-unsaturated/α-hetero) is 1. The molecule has 108 valence electrons. The average molecular weight is 282 g/mol. The first-order valence-corrected chi connectivity index (χ1v) is 7.08. The molecular formula is C18H18O3. The quantitative estimate of drug-likeness (QED) is 0.862. The van der Waals surface area contributed by atoms with Crippen LogP contribution < -0.4 is 9.47 Å². The molecule has 0 radical (unpaired) electrons. The first-order chi connectivity index (χ1) is 10.2. The molecule has 0 amide bonds. The van der Waals surface area contributed by atoms with Crippen LogP contribution in [0.5, 0.6) is 11.5 Å². The summed E-state index contributed by atoms with van der Waals surface area (Å²) in [5, 5.41) is 0. The Labute approximate surface area is 124 Å². The van der Waals surface area contributed by atoms with Crippen LogP contribution in [0.4, 0.5) is 0 Å². The molecule has 21 heavy (non-hydrogen) atoms. The van der Waals surface area contributed by atoms with Crippen LogP contribution in [0, 0.1) is 0 Å². The zero-order valence-electron chi connectivity index (χ0n) is 12.3. The topological polar surface area (TPSA) is 35.5 Å². The highest BCUT2D eigenvalue weighted by atomic mass is 16.5. The second-order valence-corrected chi connectivity index (χ2v) is 5.22. The van der Waals surface area contributed by atoms with Crippen LogP contribution in [-0.2, 0) is 6.42 Å². The first-order valence-electron chi connectivity index (χ1n) is 7.08. The molecule has 3 rings (SSSR count). The largest absolute Gasteiger partial charge is 0.497 e. The van der Waals surface area contributed by atoms with E-state index in [1.54, 1.807) is 14.2 Å². The molecule has 0 bridgehead atoms. The van der Waals surface area contributed by atoms with Crippen LogP contribution >= 0.6 is 0 Å². The number of carbonyl (C=O) groups is 1. The average Bonchev–Trinajstić information content (AvgIpc) is 2.55. The van der Waals surface area contributed by atoms with Gasteiger partial charge in [-0.2, -0.15) is 0 Å². The molecule has 0 saturated carbocycles. The number of para-hydroxylation sites is 1. The predicted molar refractivity (Wildman–Crippen MR) is 81.4 cm³/mol. The normalized spacial score (nSPS) is 17.2. The number of ketones is 1. The number of aryl methyl sites for hydroxylation is 1. The van der Waals surface area contributed by atoms with Crippen molar-refractivity contribution < 1.29 is 14.3 Å². The van der Waals surface area contributed by atoms with Crippen molar-refractivity contribution in [1.82, 2.24) is 0 Å². The molecule has 0 aromatic heterocycles. The third kappa shape index (κ3) is 2.40. The molecule has 3 heteroatoms. The van der Waals surface area contributed by atoms with Crippen molar-refractivity contribution in [2.45, 2.75) is 18.8 Å². The fourth-order valence-electron chi connectivity index (χ4n) is 3.01. The van der Waals surface area contributed by atoms with Gasteiger partial charge in [-0.25, -0.2) is 0 Å². The fourth-order valence-corrected chi connectivity index (χ4v) is 3.01. The van der Waals surface area contributed by atoms with Gasteiger partial charge in [0.05, 0.1) is 20.1 Å². The summed E-state index contributed by atoms with van der Waals surface area (Å²) >= 11 is 0. The summed E-state index contributed by atoms with van der Waals surface area (Å²) in [7, 11) is 3.29. The number of fused-ring (bicyclic) bond motifs is 1. The number of hydrogen-bond acceptors (Lipinski definition) is 3. The number of ether oxygens (including phenoxy) is 2. The van der Waals surface area contributed by atoms with Crippen LogP contribution in [0.3, 0.4) is 0 Å². The van der Waals surface area contributed by atoms with Gasteiger partial charge < -0.3 is 9.47 Å². The van der Waals surface area contributed by atoms with Gasteiger partial charge >= 0.3 is 0 Å². The van der Waals surface area contributed by atoms with Gasteiger partial charge in [-0.1, -0.05) is 18.2 Å². The highest BCUT2D eigenvalue weighted by Gasteiger charge is 2.30. The Morgan fingerprint density at radius 3 is 2.62 bits per heavy atom. The zero-order chi connectivity index (χ0) is 14.8. The minimum absolute atomic E-state index is 0.123. The van der Waals surface area contributed by atoms with E-state index < -0.39 is 0 Å². The van der Waals surface area contributed by atoms with E-state index in [0.717, 1.165) is 41.0 Å². The van der Waals surface area contributed by atoms with Crippen molar-refractivity contribution in [2.24, 2.45) is 0 Å². The predicted octanol–water partition coefficient (Wildman–Crippen LogP) is 3.62. The third-order valence-electron chi connectivity index (χ3n) is 4.11. The second kappa shape index (κ2) is 5.60. The molecule has 2 aromatic carbocycles. The molecule has 0 spiro atoms. The lowest BCUT2D eigenvalue weighted by Gasteiger charge is -2.25. The summed E-state index contributed by atoms with van der Waals surface area (Å²) in [5.74, 6) is 1.63. The summed E-state index contributed by atoms with van der Waals surface area (Å²) in [6, 6.07) is 13.5. The minimum atomic E-state index is -0.123. The Morgan fingerprint density at radius 2 is 1.86 bits per heavy atom. The van der Waals surface area contributed by atoms with Crippen LogP contribution in [0.15, 0.2) is 42.5 Å². The highest BCUT2D eigenvalue weighted by Crippen LogP contribution is 2.37. The fraction of sp³-hybridized carbons (Fsp3) is 0.278. The molecule has 1 aliphatic rings. The van der Waals surface area contributed by atoms with Crippen molar-refractivity contribution in [2.75, 3.05) is 14.2 Å². The van der Waals surface area contributed by atoms with Gasteiger partial charge in [0.25, 0.3) is 0 Å². The molecule has 2 aromatic rings. The Hall–Kier alpha value is -2.29. The van der Waals surface area contributed by atoms with E-state index in [1.807, 2.05) is 42.5 Å². The zero-order valence-corrected chi connectivity index (χ0v) is 12.3. The summed E-state index contributed by atoms with van der Waals surface area (Å²) in [6.07, 6.45) is 1.68. The molecule has 0 heterocycles. The molecule has 1 atom stereocenters. The Bertz CT molecular complexity index is 676. The van der Waals surface area contributed by atoms with Crippen molar-refractivity contribution >= 4 is 5.78 Å². The van der Waals surface area contributed by atoms with Crippen LogP contribution in [0.2, 0.25) is 0 Å². The second-order valence-electron chi connectivity index (χ2n) is 5.22. The summed E-state index contributed by atoms with van der Waals surface area (Å²) in [4.78, 5) is 12.8. The van der Waals surface area contributed by atoms with Crippen molar-refractivity contribution in [1.29, 1.82) is 0 Å². The SMILES string of the molecule is COc1ccc2c(c1)CCC(c1ccccc1OC)C2=O. The van der Waals surface area contributed by atoms with Gasteiger partial charge in [-0.3, -0.25) is 4.79 Å². The Balaban J connectivity index is 1.99. The van der Waals surface area contributed by atoms with Gasteiger partial charge in [0.15, 0.2) is 5.78 Å². The molecule has 3 nitrogen and oxygen atoms in total. The van der Waals surface area contributed by atoms with Gasteiger partial charge in [-0.15, -0.1) is 0 Å². The van der Waals surface area contributed by atoms with Crippen molar-refractivity contribution in [3.05, 3.63) is 59.2 Å². The van der Waals surface area contributed by atoms with Gasteiger partial charge in [0, 0.05) is 11.1 Å². The van der Waals surface area contributed by atoms with Crippen LogP contribution in [0.1, 0.15) is 33.8 Å². The van der Waals surface area contributed by atoms with Crippen molar-refractivity contribution in [3.8, 4) is 11.5 Å². The molecule has 1 aliphatic carbocycles. The standard InChI is InChI=1S/C18H18O3/c1-20-13-8-10-14-12(11-13)7-9-16(18(14)19)15-5-3-4-6-17(15)21-2/h3-6,8,10-11,16H,7,9H2,1-2H3. The summed E-state index contributed by atoms with van der Waals surface area (Å²) < 4.78 is 10.6. The lowest BCUT2D eigenvalue weighted by atomic mass is 9.79. The van der Waals surface area contributed by atoms with E-state index in [0.29, 0.717) is 0 Å². The molecular weight excluding hydrogens is 264 g/mol. The van der Waals surface area contributed by atoms with Crippen LogP contribution in [-0.4, -0.2) is 20.0 Å². The summed E-state index contributed by atoms with van der Waals surface area (Å²) in [6.45, 7) is 0. The lowest BCUT2D eigenvalue weighted by Crippen LogP contribution is -2.21. The molecule has 1 unspecified atom stereocenters. The lowest BCUT2D eigenvalue weighted by molar-refractivity contribution is 0.0944. The number of rotatable bonds is 3. The summed E-state index contributed by atoms with van der Waals surface area (Å²) in [5.41, 5.74) is 2.86. The molecule has 0 N–H and O–H groups in total.